The van der Waals surface area contributed by atoms with E-state index in [4.69, 9.17) is 5.73 Å². The summed E-state index contributed by atoms with van der Waals surface area (Å²) >= 11 is 0. The standard InChI is InChI=1S/C18H19NO4S/c1-12-7-9-14(10-8-12)24(22,23)16-15(13-5-3-2-4-6-13)18(16,11-19)17(20)21/h2-10,15-16H,11,19H2,1H3,(H,20,21). The summed E-state index contributed by atoms with van der Waals surface area (Å²) in [5.74, 6) is -1.81. The smallest absolute Gasteiger partial charge is 0.312 e. The van der Waals surface area contributed by atoms with Crippen molar-refractivity contribution in [3.8, 4) is 0 Å². The second-order valence-electron chi connectivity index (χ2n) is 6.22. The Labute approximate surface area is 141 Å². The highest BCUT2D eigenvalue weighted by atomic mass is 32.2. The molecule has 0 bridgehead atoms. The van der Waals surface area contributed by atoms with E-state index in [1.54, 1.807) is 42.5 Å². The third-order valence-corrected chi connectivity index (χ3v) is 7.13. The van der Waals surface area contributed by atoms with Gasteiger partial charge in [-0.05, 0) is 24.6 Å². The Hall–Kier alpha value is -2.18. The van der Waals surface area contributed by atoms with Gasteiger partial charge in [-0.1, -0.05) is 48.0 Å². The minimum absolute atomic E-state index is 0.135. The van der Waals surface area contributed by atoms with Crippen LogP contribution in [0.5, 0.6) is 0 Å². The average molecular weight is 345 g/mol. The number of nitrogens with two attached hydrogens (primary N) is 1. The lowest BCUT2D eigenvalue weighted by molar-refractivity contribution is -0.143. The highest BCUT2D eigenvalue weighted by Gasteiger charge is 2.75. The van der Waals surface area contributed by atoms with E-state index in [2.05, 4.69) is 0 Å². The lowest BCUT2D eigenvalue weighted by Crippen LogP contribution is -2.31. The van der Waals surface area contributed by atoms with Gasteiger partial charge in [-0.2, -0.15) is 0 Å². The summed E-state index contributed by atoms with van der Waals surface area (Å²) in [6.45, 7) is 1.64. The number of hydrogen-bond donors (Lipinski definition) is 2. The fraction of sp³-hybridized carbons (Fsp3) is 0.278. The Morgan fingerprint density at radius 2 is 1.71 bits per heavy atom. The maximum atomic E-state index is 13.0. The van der Waals surface area contributed by atoms with Gasteiger partial charge in [0.05, 0.1) is 10.1 Å². The fourth-order valence-corrected chi connectivity index (χ4v) is 5.84. The van der Waals surface area contributed by atoms with Crippen LogP contribution in [-0.2, 0) is 14.6 Å². The molecule has 0 aromatic heterocycles. The first-order valence-corrected chi connectivity index (χ1v) is 9.19. The second-order valence-corrected chi connectivity index (χ2v) is 8.29. The highest BCUT2D eigenvalue weighted by Crippen LogP contribution is 2.63. The molecule has 0 aliphatic heterocycles. The number of hydrogen-bond acceptors (Lipinski definition) is 4. The summed E-state index contributed by atoms with van der Waals surface area (Å²) in [6, 6.07) is 15.3. The van der Waals surface area contributed by atoms with Gasteiger partial charge < -0.3 is 10.8 Å². The number of carbonyl (C=O) groups is 1. The number of rotatable bonds is 5. The predicted octanol–water partition coefficient (Wildman–Crippen LogP) is 1.96. The SMILES string of the molecule is Cc1ccc(S(=O)(=O)C2C(c3ccccc3)C2(CN)C(=O)O)cc1. The molecule has 5 nitrogen and oxygen atoms in total. The third kappa shape index (κ3) is 2.34. The van der Waals surface area contributed by atoms with Crippen molar-refractivity contribution in [2.24, 2.45) is 11.1 Å². The molecule has 3 unspecified atom stereocenters. The fourth-order valence-electron chi connectivity index (χ4n) is 3.45. The molecule has 3 atom stereocenters. The van der Waals surface area contributed by atoms with Crippen LogP contribution in [0.2, 0.25) is 0 Å². The maximum Gasteiger partial charge on any atom is 0.312 e. The predicted molar refractivity (Wildman–Crippen MR) is 90.5 cm³/mol. The van der Waals surface area contributed by atoms with E-state index in [-0.39, 0.29) is 11.4 Å². The van der Waals surface area contributed by atoms with Crippen LogP contribution >= 0.6 is 0 Å². The lowest BCUT2D eigenvalue weighted by atomic mass is 9.99. The van der Waals surface area contributed by atoms with Crippen molar-refractivity contribution in [2.45, 2.75) is 23.0 Å². The number of aryl methyl sites for hydroxylation is 1. The molecule has 3 rings (SSSR count). The Morgan fingerprint density at radius 1 is 1.12 bits per heavy atom. The van der Waals surface area contributed by atoms with E-state index in [0.29, 0.717) is 5.56 Å². The minimum Gasteiger partial charge on any atom is -0.481 e. The first kappa shape index (κ1) is 16.7. The van der Waals surface area contributed by atoms with E-state index in [1.807, 2.05) is 6.92 Å². The van der Waals surface area contributed by atoms with Gasteiger partial charge in [0.2, 0.25) is 0 Å². The van der Waals surface area contributed by atoms with Crippen LogP contribution in [0.1, 0.15) is 17.0 Å². The van der Waals surface area contributed by atoms with Crippen molar-refractivity contribution in [1.29, 1.82) is 0 Å². The molecule has 0 amide bonds. The first-order chi connectivity index (χ1) is 11.4. The number of aliphatic carboxylic acids is 1. The van der Waals surface area contributed by atoms with Gasteiger partial charge in [0, 0.05) is 12.5 Å². The molecule has 0 radical (unpaired) electrons. The van der Waals surface area contributed by atoms with Gasteiger partial charge in [0.15, 0.2) is 9.84 Å². The van der Waals surface area contributed by atoms with Gasteiger partial charge in [-0.15, -0.1) is 0 Å². The Balaban J connectivity index is 2.11. The minimum atomic E-state index is -3.81. The van der Waals surface area contributed by atoms with E-state index in [0.717, 1.165) is 5.56 Å². The summed E-state index contributed by atoms with van der Waals surface area (Å²) in [5.41, 5.74) is 5.88. The molecule has 1 fully saturated rings. The molecule has 1 aliphatic rings. The van der Waals surface area contributed by atoms with Crippen LogP contribution in [-0.4, -0.2) is 31.3 Å². The molecular formula is C18H19NO4S. The number of carboxylic acids is 1. The monoisotopic (exact) mass is 345 g/mol. The molecule has 0 saturated heterocycles. The van der Waals surface area contributed by atoms with E-state index in [1.165, 1.54) is 12.1 Å². The van der Waals surface area contributed by atoms with Crippen molar-refractivity contribution in [3.05, 3.63) is 65.7 Å². The van der Waals surface area contributed by atoms with E-state index in [9.17, 15) is 18.3 Å². The molecule has 2 aromatic rings. The van der Waals surface area contributed by atoms with Gasteiger partial charge in [0.25, 0.3) is 0 Å². The maximum absolute atomic E-state index is 13.0. The van der Waals surface area contributed by atoms with Crippen molar-refractivity contribution in [1.82, 2.24) is 0 Å². The van der Waals surface area contributed by atoms with Crippen LogP contribution in [0.3, 0.4) is 0 Å². The van der Waals surface area contributed by atoms with Crippen molar-refractivity contribution >= 4 is 15.8 Å². The van der Waals surface area contributed by atoms with Crippen LogP contribution < -0.4 is 5.73 Å². The van der Waals surface area contributed by atoms with Crippen LogP contribution in [0.4, 0.5) is 0 Å². The summed E-state index contributed by atoms with van der Waals surface area (Å²) in [6.07, 6.45) is 0. The number of carboxylic acid groups (broad SMARTS) is 1. The second kappa shape index (κ2) is 5.72. The van der Waals surface area contributed by atoms with Crippen LogP contribution in [0.15, 0.2) is 59.5 Å². The van der Waals surface area contributed by atoms with Crippen LogP contribution in [0, 0.1) is 12.3 Å². The van der Waals surface area contributed by atoms with Gasteiger partial charge in [0.1, 0.15) is 5.41 Å². The average Bonchev–Trinajstić information content (AvgIpc) is 3.28. The van der Waals surface area contributed by atoms with Crippen molar-refractivity contribution in [3.63, 3.8) is 0 Å². The van der Waals surface area contributed by atoms with Crippen molar-refractivity contribution in [2.75, 3.05) is 6.54 Å². The topological polar surface area (TPSA) is 97.5 Å². The molecule has 24 heavy (non-hydrogen) atoms. The van der Waals surface area contributed by atoms with Gasteiger partial charge >= 0.3 is 5.97 Å². The molecule has 0 heterocycles. The molecule has 2 aromatic carbocycles. The summed E-state index contributed by atoms with van der Waals surface area (Å²) in [4.78, 5) is 12.0. The van der Waals surface area contributed by atoms with E-state index >= 15 is 0 Å². The molecular weight excluding hydrogens is 326 g/mol. The Kier molecular flexibility index (Phi) is 3.97. The molecule has 1 saturated carbocycles. The highest BCUT2D eigenvalue weighted by molar-refractivity contribution is 7.92. The quantitative estimate of drug-likeness (QED) is 0.863. The first-order valence-electron chi connectivity index (χ1n) is 7.64. The number of sulfone groups is 1. The van der Waals surface area contributed by atoms with Gasteiger partial charge in [-0.25, -0.2) is 8.42 Å². The van der Waals surface area contributed by atoms with Gasteiger partial charge in [-0.3, -0.25) is 4.79 Å². The zero-order chi connectivity index (χ0) is 17.5. The van der Waals surface area contributed by atoms with E-state index < -0.39 is 32.4 Å². The molecule has 1 aliphatic carbocycles. The summed E-state index contributed by atoms with van der Waals surface area (Å²) in [5, 5.41) is 8.66. The Bertz CT molecular complexity index is 862. The van der Waals surface area contributed by atoms with Crippen molar-refractivity contribution < 1.29 is 18.3 Å². The zero-order valence-corrected chi connectivity index (χ0v) is 14.0. The molecule has 126 valence electrons. The number of benzene rings is 2. The largest absolute Gasteiger partial charge is 0.481 e. The summed E-state index contributed by atoms with van der Waals surface area (Å²) < 4.78 is 26.1. The molecule has 0 spiro atoms. The third-order valence-electron chi connectivity index (χ3n) is 4.83. The van der Waals surface area contributed by atoms with Crippen LogP contribution in [0.25, 0.3) is 0 Å². The summed E-state index contributed by atoms with van der Waals surface area (Å²) in [7, 11) is -3.81. The molecule has 6 heteroatoms. The molecule has 3 N–H and O–H groups in total. The Morgan fingerprint density at radius 3 is 2.21 bits per heavy atom. The normalized spacial score (nSPS) is 26.1. The zero-order valence-electron chi connectivity index (χ0n) is 13.2. The lowest BCUT2D eigenvalue weighted by Gasteiger charge is -2.10.